The standard InChI is InChI=1S/C19H35NO3/c1-2-3-6-11-18(21)14-13-17-10-9-16-20(17)15-8-5-4-7-12-19(22)23/h13-14,17-18,21H,2-12,15-16H2,1H3,(H,22,23). The summed E-state index contributed by atoms with van der Waals surface area (Å²) in [5.74, 6) is -0.688. The number of nitrogens with zero attached hydrogens (tertiary/aromatic N) is 1. The van der Waals surface area contributed by atoms with Crippen LogP contribution in [-0.2, 0) is 4.79 Å². The van der Waals surface area contributed by atoms with E-state index in [2.05, 4.69) is 17.9 Å². The first-order valence-electron chi connectivity index (χ1n) is 9.45. The first-order valence-corrected chi connectivity index (χ1v) is 9.45. The second-order valence-corrected chi connectivity index (χ2v) is 6.75. The fourth-order valence-corrected chi connectivity index (χ4v) is 3.25. The van der Waals surface area contributed by atoms with E-state index in [1.807, 2.05) is 6.08 Å². The van der Waals surface area contributed by atoms with Crippen LogP contribution < -0.4 is 0 Å². The number of carboxylic acid groups (broad SMARTS) is 1. The number of unbranched alkanes of at least 4 members (excludes halogenated alkanes) is 5. The van der Waals surface area contributed by atoms with Crippen molar-refractivity contribution in [2.45, 2.75) is 89.7 Å². The zero-order chi connectivity index (χ0) is 16.9. The number of aliphatic hydroxyl groups excluding tert-OH is 1. The maximum atomic E-state index is 10.5. The van der Waals surface area contributed by atoms with Gasteiger partial charge in [-0.1, -0.05) is 51.2 Å². The summed E-state index contributed by atoms with van der Waals surface area (Å²) < 4.78 is 0. The van der Waals surface area contributed by atoms with E-state index in [4.69, 9.17) is 5.11 Å². The van der Waals surface area contributed by atoms with Gasteiger partial charge in [0, 0.05) is 12.5 Å². The Morgan fingerprint density at radius 3 is 2.74 bits per heavy atom. The van der Waals surface area contributed by atoms with Gasteiger partial charge in [-0.3, -0.25) is 9.69 Å². The molecule has 2 unspecified atom stereocenters. The lowest BCUT2D eigenvalue weighted by Crippen LogP contribution is -2.29. The van der Waals surface area contributed by atoms with Crippen LogP contribution in [0.2, 0.25) is 0 Å². The molecule has 2 N–H and O–H groups in total. The zero-order valence-corrected chi connectivity index (χ0v) is 14.8. The highest BCUT2D eigenvalue weighted by Gasteiger charge is 2.21. The summed E-state index contributed by atoms with van der Waals surface area (Å²) in [5.41, 5.74) is 0. The van der Waals surface area contributed by atoms with E-state index in [0.717, 1.165) is 51.6 Å². The third-order valence-corrected chi connectivity index (χ3v) is 4.66. The molecule has 1 aliphatic rings. The number of carbonyl (C=O) groups is 1. The molecule has 1 heterocycles. The lowest BCUT2D eigenvalue weighted by molar-refractivity contribution is -0.137. The van der Waals surface area contributed by atoms with Crippen LogP contribution in [0.4, 0.5) is 0 Å². The van der Waals surface area contributed by atoms with Crippen molar-refractivity contribution in [1.82, 2.24) is 4.90 Å². The Balaban J connectivity index is 2.16. The van der Waals surface area contributed by atoms with Crippen LogP contribution in [0.5, 0.6) is 0 Å². The summed E-state index contributed by atoms with van der Waals surface area (Å²) in [4.78, 5) is 13.0. The number of likely N-dealkylation sites (tertiary alicyclic amines) is 1. The molecule has 1 saturated heterocycles. The van der Waals surface area contributed by atoms with Gasteiger partial charge in [-0.2, -0.15) is 0 Å². The molecule has 0 amide bonds. The summed E-state index contributed by atoms with van der Waals surface area (Å²) in [7, 11) is 0. The monoisotopic (exact) mass is 325 g/mol. The van der Waals surface area contributed by atoms with Gasteiger partial charge in [-0.05, 0) is 45.2 Å². The number of aliphatic hydroxyl groups is 1. The molecule has 4 nitrogen and oxygen atoms in total. The van der Waals surface area contributed by atoms with Crippen molar-refractivity contribution < 1.29 is 15.0 Å². The Morgan fingerprint density at radius 2 is 2.00 bits per heavy atom. The quantitative estimate of drug-likeness (QED) is 0.397. The van der Waals surface area contributed by atoms with E-state index < -0.39 is 5.97 Å². The molecular weight excluding hydrogens is 290 g/mol. The Kier molecular flexibility index (Phi) is 11.0. The molecule has 2 atom stereocenters. The minimum absolute atomic E-state index is 0.292. The molecule has 23 heavy (non-hydrogen) atoms. The number of carboxylic acids is 1. The summed E-state index contributed by atoms with van der Waals surface area (Å²) in [5, 5.41) is 18.6. The minimum atomic E-state index is -0.688. The van der Waals surface area contributed by atoms with Gasteiger partial charge in [-0.25, -0.2) is 0 Å². The van der Waals surface area contributed by atoms with E-state index in [1.165, 1.54) is 25.7 Å². The molecule has 0 aromatic rings. The molecule has 4 heteroatoms. The summed E-state index contributed by atoms with van der Waals surface area (Å²) >= 11 is 0. The Labute approximate surface area is 141 Å². The van der Waals surface area contributed by atoms with E-state index in [9.17, 15) is 9.90 Å². The fraction of sp³-hybridized carbons (Fsp3) is 0.842. The Hall–Kier alpha value is -0.870. The molecule has 0 bridgehead atoms. The van der Waals surface area contributed by atoms with Gasteiger partial charge in [0.05, 0.1) is 6.10 Å². The van der Waals surface area contributed by atoms with E-state index in [0.29, 0.717) is 12.5 Å². The van der Waals surface area contributed by atoms with Gasteiger partial charge >= 0.3 is 5.97 Å². The van der Waals surface area contributed by atoms with E-state index >= 15 is 0 Å². The third kappa shape index (κ3) is 9.77. The van der Waals surface area contributed by atoms with Gasteiger partial charge < -0.3 is 10.2 Å². The SMILES string of the molecule is CCCCCC(O)C=CC1CCCN1CCCCCCC(=O)O. The van der Waals surface area contributed by atoms with Gasteiger partial charge in [0.2, 0.25) is 0 Å². The highest BCUT2D eigenvalue weighted by molar-refractivity contribution is 5.66. The van der Waals surface area contributed by atoms with Crippen LogP contribution in [0, 0.1) is 0 Å². The predicted octanol–water partition coefficient (Wildman–Crippen LogP) is 3.98. The molecule has 0 aromatic carbocycles. The van der Waals surface area contributed by atoms with Crippen LogP contribution in [0.15, 0.2) is 12.2 Å². The zero-order valence-electron chi connectivity index (χ0n) is 14.8. The van der Waals surface area contributed by atoms with Crippen molar-refractivity contribution in [2.24, 2.45) is 0 Å². The smallest absolute Gasteiger partial charge is 0.303 e. The van der Waals surface area contributed by atoms with Crippen LogP contribution in [0.3, 0.4) is 0 Å². The summed E-state index contributed by atoms with van der Waals surface area (Å²) in [6.45, 7) is 4.42. The third-order valence-electron chi connectivity index (χ3n) is 4.66. The normalized spacial score (nSPS) is 20.3. The average Bonchev–Trinajstić information content (AvgIpc) is 2.96. The first-order chi connectivity index (χ1) is 11.1. The van der Waals surface area contributed by atoms with E-state index in [1.54, 1.807) is 0 Å². The molecule has 134 valence electrons. The minimum Gasteiger partial charge on any atom is -0.481 e. The van der Waals surface area contributed by atoms with Crippen LogP contribution >= 0.6 is 0 Å². The number of hydrogen-bond acceptors (Lipinski definition) is 3. The van der Waals surface area contributed by atoms with Crippen LogP contribution in [0.25, 0.3) is 0 Å². The Morgan fingerprint density at radius 1 is 1.22 bits per heavy atom. The molecule has 0 aliphatic carbocycles. The number of hydrogen-bond donors (Lipinski definition) is 2. The topological polar surface area (TPSA) is 60.8 Å². The van der Waals surface area contributed by atoms with E-state index in [-0.39, 0.29) is 6.10 Å². The molecule has 0 spiro atoms. The average molecular weight is 325 g/mol. The van der Waals surface area contributed by atoms with Crippen molar-refractivity contribution >= 4 is 5.97 Å². The lowest BCUT2D eigenvalue weighted by atomic mass is 10.1. The van der Waals surface area contributed by atoms with Gasteiger partial charge in [0.1, 0.15) is 0 Å². The largest absolute Gasteiger partial charge is 0.481 e. The maximum Gasteiger partial charge on any atom is 0.303 e. The van der Waals surface area contributed by atoms with Crippen molar-refractivity contribution in [2.75, 3.05) is 13.1 Å². The van der Waals surface area contributed by atoms with Crippen molar-refractivity contribution in [3.63, 3.8) is 0 Å². The maximum absolute atomic E-state index is 10.5. The molecule has 0 radical (unpaired) electrons. The van der Waals surface area contributed by atoms with Crippen molar-refractivity contribution in [3.8, 4) is 0 Å². The molecule has 1 fully saturated rings. The van der Waals surface area contributed by atoms with Gasteiger partial charge in [0.15, 0.2) is 0 Å². The highest BCUT2D eigenvalue weighted by Crippen LogP contribution is 2.20. The summed E-state index contributed by atoms with van der Waals surface area (Å²) in [6.07, 6.45) is 15.1. The first kappa shape index (κ1) is 20.2. The second kappa shape index (κ2) is 12.5. The summed E-state index contributed by atoms with van der Waals surface area (Å²) in [6, 6.07) is 0.481. The molecular formula is C19H35NO3. The Bertz CT molecular complexity index is 344. The van der Waals surface area contributed by atoms with Gasteiger partial charge in [0.25, 0.3) is 0 Å². The lowest BCUT2D eigenvalue weighted by Gasteiger charge is -2.22. The number of aliphatic carboxylic acids is 1. The second-order valence-electron chi connectivity index (χ2n) is 6.75. The molecule has 1 rings (SSSR count). The number of rotatable bonds is 13. The molecule has 1 aliphatic heterocycles. The fourth-order valence-electron chi connectivity index (χ4n) is 3.25. The van der Waals surface area contributed by atoms with Gasteiger partial charge in [-0.15, -0.1) is 0 Å². The van der Waals surface area contributed by atoms with Crippen LogP contribution in [-0.4, -0.2) is 46.3 Å². The predicted molar refractivity (Wildman–Crippen MR) is 94.6 cm³/mol. The van der Waals surface area contributed by atoms with Crippen molar-refractivity contribution in [1.29, 1.82) is 0 Å². The van der Waals surface area contributed by atoms with Crippen LogP contribution in [0.1, 0.15) is 77.6 Å². The molecule has 0 aromatic heterocycles. The van der Waals surface area contributed by atoms with Crippen molar-refractivity contribution in [3.05, 3.63) is 12.2 Å². The highest BCUT2D eigenvalue weighted by atomic mass is 16.4. The molecule has 0 saturated carbocycles.